The first-order valence-electron chi connectivity index (χ1n) is 12.6. The molecule has 11 heteroatoms. The van der Waals surface area contributed by atoms with Crippen LogP contribution >= 0.6 is 0 Å². The molecule has 2 aliphatic heterocycles. The third-order valence-corrected chi connectivity index (χ3v) is 6.34. The molecular weight excluding hydrogens is 492 g/mol. The lowest BCUT2D eigenvalue weighted by molar-refractivity contribution is -0.136. The standard InChI is InChI=1S/C27H30N4O7/c28-18-8-3-4-10-21(18)38-16-15-37-14-5-1-2-11-22(32)29-19-9-6-7-17-24(19)27(36)31(26(17)35)20-12-13-23(33)30-25(20)34/h3-4,6-10,20H,1-2,5,11-16,28H2,(H,29,32)(H,30,33,34). The van der Waals surface area contributed by atoms with Crippen molar-refractivity contribution in [2.75, 3.05) is 30.9 Å². The van der Waals surface area contributed by atoms with Crippen LogP contribution < -0.4 is 21.1 Å². The van der Waals surface area contributed by atoms with Gasteiger partial charge in [0.2, 0.25) is 17.7 Å². The highest BCUT2D eigenvalue weighted by Crippen LogP contribution is 2.32. The van der Waals surface area contributed by atoms with Crippen LogP contribution in [0.15, 0.2) is 42.5 Å². The van der Waals surface area contributed by atoms with Crippen molar-refractivity contribution in [2.45, 2.75) is 44.6 Å². The molecule has 2 aromatic rings. The summed E-state index contributed by atoms with van der Waals surface area (Å²) in [5.74, 6) is -2.06. The van der Waals surface area contributed by atoms with E-state index >= 15 is 0 Å². The van der Waals surface area contributed by atoms with E-state index in [1.54, 1.807) is 24.3 Å². The largest absolute Gasteiger partial charge is 0.489 e. The minimum Gasteiger partial charge on any atom is -0.489 e. The van der Waals surface area contributed by atoms with E-state index in [1.807, 2.05) is 12.1 Å². The fourth-order valence-corrected chi connectivity index (χ4v) is 4.42. The summed E-state index contributed by atoms with van der Waals surface area (Å²) < 4.78 is 11.1. The van der Waals surface area contributed by atoms with Gasteiger partial charge in [0.15, 0.2) is 0 Å². The number of unbranched alkanes of at least 4 members (excludes halogenated alkanes) is 2. The molecule has 0 radical (unpaired) electrons. The Morgan fingerprint density at radius 3 is 2.58 bits per heavy atom. The molecule has 11 nitrogen and oxygen atoms in total. The van der Waals surface area contributed by atoms with Gasteiger partial charge in [0, 0.05) is 19.4 Å². The summed E-state index contributed by atoms with van der Waals surface area (Å²) in [6.45, 7) is 1.35. The number of nitrogens with zero attached hydrogens (tertiary/aromatic N) is 1. The van der Waals surface area contributed by atoms with Crippen LogP contribution in [0, 0.1) is 0 Å². The van der Waals surface area contributed by atoms with Gasteiger partial charge in [-0.1, -0.05) is 24.6 Å². The van der Waals surface area contributed by atoms with Gasteiger partial charge in [-0.15, -0.1) is 0 Å². The van der Waals surface area contributed by atoms with E-state index in [0.717, 1.165) is 17.7 Å². The number of hydrogen-bond acceptors (Lipinski definition) is 8. The average Bonchev–Trinajstić information content (AvgIpc) is 3.14. The fourth-order valence-electron chi connectivity index (χ4n) is 4.42. The van der Waals surface area contributed by atoms with Crippen LogP contribution in [0.1, 0.15) is 59.2 Å². The van der Waals surface area contributed by atoms with Gasteiger partial charge in [0.1, 0.15) is 18.4 Å². The maximum Gasteiger partial charge on any atom is 0.264 e. The number of hydrogen-bond donors (Lipinski definition) is 3. The van der Waals surface area contributed by atoms with Crippen molar-refractivity contribution in [1.82, 2.24) is 10.2 Å². The zero-order chi connectivity index (χ0) is 27.1. The van der Waals surface area contributed by atoms with Crippen LogP contribution in [-0.4, -0.2) is 60.3 Å². The van der Waals surface area contributed by atoms with E-state index in [-0.39, 0.29) is 42.0 Å². The molecular formula is C27H30N4O7. The second-order valence-corrected chi connectivity index (χ2v) is 9.03. The van der Waals surface area contributed by atoms with E-state index in [4.69, 9.17) is 15.2 Å². The normalized spacial score (nSPS) is 16.8. The van der Waals surface area contributed by atoms with Gasteiger partial charge < -0.3 is 20.5 Å². The summed E-state index contributed by atoms with van der Waals surface area (Å²) in [6, 6.07) is 10.8. The van der Waals surface area contributed by atoms with Crippen molar-refractivity contribution in [2.24, 2.45) is 0 Å². The highest BCUT2D eigenvalue weighted by molar-refractivity contribution is 6.26. The van der Waals surface area contributed by atoms with E-state index in [1.165, 1.54) is 6.07 Å². The third kappa shape index (κ3) is 6.17. The Morgan fingerprint density at radius 2 is 1.79 bits per heavy atom. The number of fused-ring (bicyclic) bond motifs is 1. The van der Waals surface area contributed by atoms with E-state index < -0.39 is 29.7 Å². The quantitative estimate of drug-likeness (QED) is 0.218. The molecule has 0 bridgehead atoms. The topological polar surface area (TPSA) is 157 Å². The Kier molecular flexibility index (Phi) is 8.70. The summed E-state index contributed by atoms with van der Waals surface area (Å²) >= 11 is 0. The molecule has 2 aliphatic rings. The zero-order valence-electron chi connectivity index (χ0n) is 20.9. The number of nitrogen functional groups attached to an aromatic ring is 1. The van der Waals surface area contributed by atoms with Crippen LogP contribution in [0.25, 0.3) is 0 Å². The first-order valence-corrected chi connectivity index (χ1v) is 12.6. The summed E-state index contributed by atoms with van der Waals surface area (Å²) in [7, 11) is 0. The Morgan fingerprint density at radius 1 is 0.974 bits per heavy atom. The summed E-state index contributed by atoms with van der Waals surface area (Å²) in [5.41, 5.74) is 6.80. The molecule has 0 saturated carbocycles. The fraction of sp³-hybridized carbons (Fsp3) is 0.370. The predicted octanol–water partition coefficient (Wildman–Crippen LogP) is 2.26. The molecule has 1 saturated heterocycles. The van der Waals surface area contributed by atoms with Gasteiger partial charge in [-0.3, -0.25) is 34.2 Å². The van der Waals surface area contributed by atoms with Crippen molar-refractivity contribution in [1.29, 1.82) is 0 Å². The second kappa shape index (κ2) is 12.3. The minimum atomic E-state index is -1.06. The SMILES string of the molecule is Nc1ccccc1OCCOCCCCCC(=O)Nc1cccc2c1C(=O)N(C1CCC(=O)NC1=O)C2=O. The molecule has 2 heterocycles. The Labute approximate surface area is 219 Å². The maximum atomic E-state index is 13.1. The van der Waals surface area contributed by atoms with Crippen molar-refractivity contribution in [3.63, 3.8) is 0 Å². The van der Waals surface area contributed by atoms with Crippen LogP contribution in [0.5, 0.6) is 5.75 Å². The highest BCUT2D eigenvalue weighted by Gasteiger charge is 2.45. The van der Waals surface area contributed by atoms with Crippen molar-refractivity contribution in [3.8, 4) is 5.75 Å². The van der Waals surface area contributed by atoms with E-state index in [9.17, 15) is 24.0 Å². The molecule has 38 heavy (non-hydrogen) atoms. The molecule has 1 unspecified atom stereocenters. The molecule has 2 aromatic carbocycles. The average molecular weight is 523 g/mol. The van der Waals surface area contributed by atoms with E-state index in [2.05, 4.69) is 10.6 Å². The predicted molar refractivity (Wildman–Crippen MR) is 137 cm³/mol. The number of rotatable bonds is 12. The Balaban J connectivity index is 1.19. The summed E-state index contributed by atoms with van der Waals surface area (Å²) in [4.78, 5) is 63.1. The third-order valence-electron chi connectivity index (χ3n) is 6.34. The first-order chi connectivity index (χ1) is 18.4. The Hall–Kier alpha value is -4.25. The molecule has 200 valence electrons. The maximum absolute atomic E-state index is 13.1. The van der Waals surface area contributed by atoms with Crippen molar-refractivity contribution < 1.29 is 33.4 Å². The first kappa shape index (κ1) is 26.8. The number of carbonyl (C=O) groups is 5. The van der Waals surface area contributed by atoms with Crippen LogP contribution in [0.4, 0.5) is 11.4 Å². The van der Waals surface area contributed by atoms with Crippen LogP contribution in [-0.2, 0) is 19.1 Å². The molecule has 4 rings (SSSR count). The molecule has 1 atom stereocenters. The Bertz CT molecular complexity index is 1250. The summed E-state index contributed by atoms with van der Waals surface area (Å²) in [6.07, 6.45) is 2.50. The number of nitrogens with two attached hydrogens (primary N) is 1. The van der Waals surface area contributed by atoms with Crippen LogP contribution in [0.2, 0.25) is 0 Å². The number of carbonyl (C=O) groups excluding carboxylic acids is 5. The van der Waals surface area contributed by atoms with Gasteiger partial charge in [-0.2, -0.15) is 0 Å². The van der Waals surface area contributed by atoms with Crippen LogP contribution in [0.3, 0.4) is 0 Å². The number of ether oxygens (including phenoxy) is 2. The highest BCUT2D eigenvalue weighted by atomic mass is 16.5. The number of imide groups is 2. The molecule has 1 fully saturated rings. The van der Waals surface area contributed by atoms with Gasteiger partial charge in [0.25, 0.3) is 11.8 Å². The molecule has 0 aliphatic carbocycles. The van der Waals surface area contributed by atoms with Gasteiger partial charge >= 0.3 is 0 Å². The molecule has 0 aromatic heterocycles. The number of anilines is 2. The molecule has 0 spiro atoms. The molecule has 4 N–H and O–H groups in total. The number of nitrogens with one attached hydrogen (secondary N) is 2. The van der Waals surface area contributed by atoms with Crippen molar-refractivity contribution >= 4 is 40.9 Å². The number of piperidine rings is 1. The smallest absolute Gasteiger partial charge is 0.264 e. The van der Waals surface area contributed by atoms with Gasteiger partial charge in [-0.05, 0) is 43.5 Å². The lowest BCUT2D eigenvalue weighted by atomic mass is 10.0. The van der Waals surface area contributed by atoms with Gasteiger partial charge in [-0.25, -0.2) is 0 Å². The number of benzene rings is 2. The van der Waals surface area contributed by atoms with Crippen molar-refractivity contribution in [3.05, 3.63) is 53.6 Å². The lowest BCUT2D eigenvalue weighted by Gasteiger charge is -2.27. The lowest BCUT2D eigenvalue weighted by Crippen LogP contribution is -2.54. The van der Waals surface area contributed by atoms with E-state index in [0.29, 0.717) is 37.7 Å². The number of para-hydroxylation sites is 2. The summed E-state index contributed by atoms with van der Waals surface area (Å²) in [5, 5.41) is 4.89. The minimum absolute atomic E-state index is 0.0367. The zero-order valence-corrected chi connectivity index (χ0v) is 20.9. The number of amides is 5. The second-order valence-electron chi connectivity index (χ2n) is 9.03. The monoisotopic (exact) mass is 522 g/mol. The molecule has 5 amide bonds. The van der Waals surface area contributed by atoms with Gasteiger partial charge in [0.05, 0.1) is 29.1 Å².